The number of hydrogen-bond acceptors (Lipinski definition) is 3. The van der Waals surface area contributed by atoms with Gasteiger partial charge in [-0.25, -0.2) is 4.39 Å². The summed E-state index contributed by atoms with van der Waals surface area (Å²) in [4.78, 5) is 0. The van der Waals surface area contributed by atoms with Crippen molar-refractivity contribution in [3.05, 3.63) is 29.0 Å². The Bertz CT molecular complexity index is 401. The maximum Gasteiger partial charge on any atom is 0.361 e. The lowest BCUT2D eigenvalue weighted by atomic mass is 10.3. The quantitative estimate of drug-likeness (QED) is 0.767. The fourth-order valence-corrected chi connectivity index (χ4v) is 2.88. The van der Waals surface area contributed by atoms with Crippen LogP contribution < -0.4 is 5.30 Å². The van der Waals surface area contributed by atoms with Crippen LogP contribution in [0.25, 0.3) is 0 Å². The molecule has 0 saturated carbocycles. The third-order valence-corrected chi connectivity index (χ3v) is 4.23. The predicted molar refractivity (Wildman–Crippen MR) is 61.9 cm³/mol. The molecule has 6 heteroatoms. The van der Waals surface area contributed by atoms with Crippen molar-refractivity contribution in [3.63, 3.8) is 0 Å². The highest BCUT2D eigenvalue weighted by Gasteiger charge is 2.27. The van der Waals surface area contributed by atoms with E-state index in [1.807, 2.05) is 0 Å². The molecule has 3 nitrogen and oxygen atoms in total. The summed E-state index contributed by atoms with van der Waals surface area (Å²) < 4.78 is 35.6. The summed E-state index contributed by atoms with van der Waals surface area (Å²) >= 11 is 5.54. The van der Waals surface area contributed by atoms with Gasteiger partial charge < -0.3 is 9.05 Å². The van der Waals surface area contributed by atoms with E-state index >= 15 is 0 Å². The first-order chi connectivity index (χ1) is 7.53. The van der Waals surface area contributed by atoms with Gasteiger partial charge in [0, 0.05) is 0 Å². The highest BCUT2D eigenvalue weighted by molar-refractivity contribution is 7.62. The molecule has 0 aliphatic heterocycles. The molecule has 0 bridgehead atoms. The zero-order valence-corrected chi connectivity index (χ0v) is 10.7. The molecule has 1 aromatic carbocycles. The lowest BCUT2D eigenvalue weighted by molar-refractivity contribution is 0.230. The number of rotatable bonds is 5. The molecule has 16 heavy (non-hydrogen) atoms. The molecular weight excluding hydrogens is 254 g/mol. The Hall–Kier alpha value is -0.410. The molecule has 1 aromatic rings. The zero-order valence-electron chi connectivity index (χ0n) is 9.07. The Morgan fingerprint density at radius 3 is 2.31 bits per heavy atom. The van der Waals surface area contributed by atoms with E-state index in [9.17, 15) is 8.96 Å². The van der Waals surface area contributed by atoms with Crippen molar-refractivity contribution in [2.45, 2.75) is 13.8 Å². The number of benzene rings is 1. The summed E-state index contributed by atoms with van der Waals surface area (Å²) in [7, 11) is -3.42. The molecule has 0 aromatic heterocycles. The third kappa shape index (κ3) is 3.05. The minimum absolute atomic E-state index is 0.0247. The maximum absolute atomic E-state index is 13.2. The van der Waals surface area contributed by atoms with Crippen LogP contribution in [-0.2, 0) is 13.6 Å². The molecule has 0 radical (unpaired) electrons. The van der Waals surface area contributed by atoms with Crippen molar-refractivity contribution in [2.24, 2.45) is 0 Å². The van der Waals surface area contributed by atoms with Crippen LogP contribution in [-0.4, -0.2) is 13.2 Å². The van der Waals surface area contributed by atoms with Crippen molar-refractivity contribution in [1.29, 1.82) is 0 Å². The topological polar surface area (TPSA) is 35.5 Å². The van der Waals surface area contributed by atoms with Gasteiger partial charge in [0.05, 0.1) is 23.5 Å². The van der Waals surface area contributed by atoms with Gasteiger partial charge in [0.1, 0.15) is 5.82 Å². The average molecular weight is 267 g/mol. The Balaban J connectivity index is 3.11. The highest BCUT2D eigenvalue weighted by Crippen LogP contribution is 2.47. The molecule has 0 amide bonds. The smallest absolute Gasteiger partial charge is 0.305 e. The molecule has 0 fully saturated rings. The molecule has 0 unspecified atom stereocenters. The van der Waals surface area contributed by atoms with Gasteiger partial charge in [-0.1, -0.05) is 11.6 Å². The van der Waals surface area contributed by atoms with Crippen LogP contribution in [0.4, 0.5) is 4.39 Å². The van der Waals surface area contributed by atoms with E-state index in [-0.39, 0.29) is 23.5 Å². The van der Waals surface area contributed by atoms with Crippen molar-refractivity contribution >= 4 is 24.5 Å². The lowest BCUT2D eigenvalue weighted by Gasteiger charge is -2.17. The zero-order chi connectivity index (χ0) is 12.2. The largest absolute Gasteiger partial charge is 0.361 e. The monoisotopic (exact) mass is 266 g/mol. The van der Waals surface area contributed by atoms with Gasteiger partial charge in [-0.2, -0.15) is 0 Å². The molecule has 0 spiro atoms. The summed E-state index contributed by atoms with van der Waals surface area (Å²) in [6, 6.07) is 3.85. The fraction of sp³-hybridized carbons (Fsp3) is 0.400. The first-order valence-electron chi connectivity index (χ1n) is 4.88. The van der Waals surface area contributed by atoms with E-state index in [2.05, 4.69) is 0 Å². The second-order valence-corrected chi connectivity index (χ2v) is 5.37. The third-order valence-electron chi connectivity index (χ3n) is 1.82. The second kappa shape index (κ2) is 5.78. The Labute approximate surface area is 99.1 Å². The molecule has 0 heterocycles. The van der Waals surface area contributed by atoms with Crippen molar-refractivity contribution in [2.75, 3.05) is 13.2 Å². The first kappa shape index (κ1) is 13.7. The predicted octanol–water partition coefficient (Wildman–Crippen LogP) is 3.37. The van der Waals surface area contributed by atoms with Crippen molar-refractivity contribution in [3.8, 4) is 0 Å². The van der Waals surface area contributed by atoms with E-state index in [4.69, 9.17) is 20.6 Å². The summed E-state index contributed by atoms with van der Waals surface area (Å²) in [5.41, 5.74) is 0. The van der Waals surface area contributed by atoms with Gasteiger partial charge in [-0.15, -0.1) is 0 Å². The van der Waals surface area contributed by atoms with Gasteiger partial charge in [0.2, 0.25) is 0 Å². The minimum Gasteiger partial charge on any atom is -0.305 e. The van der Waals surface area contributed by atoms with Crippen LogP contribution in [0.2, 0.25) is 5.02 Å². The van der Waals surface area contributed by atoms with Crippen LogP contribution >= 0.6 is 19.2 Å². The molecule has 0 N–H and O–H groups in total. The van der Waals surface area contributed by atoms with Crippen LogP contribution in [0, 0.1) is 5.82 Å². The van der Waals surface area contributed by atoms with E-state index in [0.29, 0.717) is 0 Å². The standard InChI is InChI=1S/C10H13ClFO3P/c1-3-14-16(13,15-4-2)8-5-6-9(11)10(12)7-8/h5-7H,3-4H2,1-2H3. The van der Waals surface area contributed by atoms with E-state index in [1.54, 1.807) is 13.8 Å². The van der Waals surface area contributed by atoms with E-state index in [0.717, 1.165) is 6.07 Å². The molecular formula is C10H13ClFO3P. The van der Waals surface area contributed by atoms with Crippen molar-refractivity contribution in [1.82, 2.24) is 0 Å². The van der Waals surface area contributed by atoms with Gasteiger partial charge in [-0.3, -0.25) is 4.57 Å². The van der Waals surface area contributed by atoms with Crippen LogP contribution in [0.5, 0.6) is 0 Å². The van der Waals surface area contributed by atoms with E-state index < -0.39 is 13.4 Å². The van der Waals surface area contributed by atoms with Crippen LogP contribution in [0.3, 0.4) is 0 Å². The summed E-state index contributed by atoms with van der Waals surface area (Å²) in [6.07, 6.45) is 0. The lowest BCUT2D eigenvalue weighted by Crippen LogP contribution is -2.11. The van der Waals surface area contributed by atoms with Crippen LogP contribution in [0.15, 0.2) is 18.2 Å². The Morgan fingerprint density at radius 2 is 1.88 bits per heavy atom. The average Bonchev–Trinajstić information content (AvgIpc) is 2.22. The molecule has 1 rings (SSSR count). The van der Waals surface area contributed by atoms with Crippen LogP contribution in [0.1, 0.15) is 13.8 Å². The van der Waals surface area contributed by atoms with Gasteiger partial charge >= 0.3 is 7.60 Å². The first-order valence-corrected chi connectivity index (χ1v) is 6.80. The second-order valence-electron chi connectivity index (χ2n) is 2.93. The van der Waals surface area contributed by atoms with E-state index in [1.165, 1.54) is 12.1 Å². The summed E-state index contributed by atoms with van der Waals surface area (Å²) in [6.45, 7) is 3.83. The fourth-order valence-electron chi connectivity index (χ4n) is 1.18. The molecule has 0 aliphatic carbocycles. The highest BCUT2D eigenvalue weighted by atomic mass is 35.5. The number of hydrogen-bond donors (Lipinski definition) is 0. The Kier molecular flexibility index (Phi) is 4.93. The van der Waals surface area contributed by atoms with Crippen molar-refractivity contribution < 1.29 is 18.0 Å². The minimum atomic E-state index is -3.42. The normalized spacial score (nSPS) is 11.8. The SMILES string of the molecule is CCOP(=O)(OCC)c1ccc(Cl)c(F)c1. The molecule has 0 saturated heterocycles. The van der Waals surface area contributed by atoms with Gasteiger partial charge in [-0.05, 0) is 32.0 Å². The molecule has 0 aliphatic rings. The Morgan fingerprint density at radius 1 is 1.31 bits per heavy atom. The van der Waals surface area contributed by atoms with Gasteiger partial charge in [0.15, 0.2) is 0 Å². The maximum atomic E-state index is 13.2. The molecule has 0 atom stereocenters. The summed E-state index contributed by atoms with van der Waals surface area (Å²) in [5.74, 6) is -0.640. The summed E-state index contributed by atoms with van der Waals surface area (Å²) in [5, 5.41) is 0.154. The van der Waals surface area contributed by atoms with Gasteiger partial charge in [0.25, 0.3) is 0 Å². The number of halogens is 2. The molecule has 90 valence electrons.